The van der Waals surface area contributed by atoms with E-state index in [1.54, 1.807) is 16.6 Å². The molecule has 0 aliphatic heterocycles. The van der Waals surface area contributed by atoms with E-state index in [2.05, 4.69) is 6.92 Å². The first-order valence-corrected chi connectivity index (χ1v) is 9.09. The van der Waals surface area contributed by atoms with Gasteiger partial charge in [0.2, 0.25) is 10.0 Å². The third-order valence-corrected chi connectivity index (χ3v) is 5.37. The molecule has 0 radical (unpaired) electrons. The Balaban J connectivity index is 3.21. The molecule has 0 bridgehead atoms. The zero-order valence-corrected chi connectivity index (χ0v) is 14.7. The molecule has 0 fully saturated rings. The normalized spacial score (nSPS) is 12.8. The first-order valence-electron chi connectivity index (χ1n) is 7.65. The third-order valence-electron chi connectivity index (χ3n) is 3.36. The minimum absolute atomic E-state index is 0.0618. The minimum Gasteiger partial charge on any atom is -0.349 e. The molecule has 0 saturated carbocycles. The summed E-state index contributed by atoms with van der Waals surface area (Å²) in [5, 5.41) is 0. The summed E-state index contributed by atoms with van der Waals surface area (Å²) in [5.41, 5.74) is 6.59. The molecule has 1 aromatic rings. The van der Waals surface area contributed by atoms with Crippen molar-refractivity contribution < 1.29 is 8.42 Å². The maximum Gasteiger partial charge on any atom is 0.244 e. The van der Waals surface area contributed by atoms with E-state index in [1.807, 2.05) is 32.3 Å². The first-order chi connectivity index (χ1) is 9.73. The van der Waals surface area contributed by atoms with Crippen LogP contribution in [0.4, 0.5) is 0 Å². The van der Waals surface area contributed by atoms with E-state index in [1.165, 1.54) is 0 Å². The van der Waals surface area contributed by atoms with Crippen LogP contribution in [-0.2, 0) is 23.1 Å². The SMILES string of the molecule is CCCn1cc(S(=O)(=O)N(CC(C)C)C(C)C)cc1CN. The average Bonchev–Trinajstić information content (AvgIpc) is 2.79. The maximum atomic E-state index is 12.9. The van der Waals surface area contributed by atoms with Crippen LogP contribution in [0.2, 0.25) is 0 Å². The van der Waals surface area contributed by atoms with E-state index in [-0.39, 0.29) is 12.0 Å². The quantitative estimate of drug-likeness (QED) is 0.801. The largest absolute Gasteiger partial charge is 0.349 e. The highest BCUT2D eigenvalue weighted by Crippen LogP contribution is 2.22. The molecule has 2 N–H and O–H groups in total. The summed E-state index contributed by atoms with van der Waals surface area (Å²) in [6, 6.07) is 1.65. The van der Waals surface area contributed by atoms with Crippen LogP contribution in [0.1, 0.15) is 46.7 Å². The molecule has 0 saturated heterocycles. The van der Waals surface area contributed by atoms with Gasteiger partial charge in [0.1, 0.15) is 4.90 Å². The van der Waals surface area contributed by atoms with E-state index in [4.69, 9.17) is 5.73 Å². The molecule has 0 spiro atoms. The van der Waals surface area contributed by atoms with Gasteiger partial charge in [-0.05, 0) is 32.3 Å². The number of rotatable bonds is 8. The molecule has 5 nitrogen and oxygen atoms in total. The van der Waals surface area contributed by atoms with E-state index < -0.39 is 10.0 Å². The third kappa shape index (κ3) is 4.31. The Morgan fingerprint density at radius 1 is 1.29 bits per heavy atom. The van der Waals surface area contributed by atoms with Crippen LogP contribution in [0.5, 0.6) is 0 Å². The lowest BCUT2D eigenvalue weighted by atomic mass is 10.2. The summed E-state index contributed by atoms with van der Waals surface area (Å²) in [7, 11) is -3.47. The second kappa shape index (κ2) is 7.42. The summed E-state index contributed by atoms with van der Waals surface area (Å²) in [6.07, 6.45) is 2.66. The fraction of sp³-hybridized carbons (Fsp3) is 0.733. The minimum atomic E-state index is -3.47. The van der Waals surface area contributed by atoms with Crippen molar-refractivity contribution in [3.63, 3.8) is 0 Å². The summed E-state index contributed by atoms with van der Waals surface area (Å²) >= 11 is 0. The van der Waals surface area contributed by atoms with Gasteiger partial charge in [0.05, 0.1) is 0 Å². The fourth-order valence-electron chi connectivity index (χ4n) is 2.37. The molecule has 0 amide bonds. The van der Waals surface area contributed by atoms with Crippen LogP contribution in [0.25, 0.3) is 0 Å². The summed E-state index contributed by atoms with van der Waals surface area (Å²) in [4.78, 5) is 0.353. The lowest BCUT2D eigenvalue weighted by Crippen LogP contribution is -2.39. The van der Waals surface area contributed by atoms with Gasteiger partial charge < -0.3 is 10.3 Å². The van der Waals surface area contributed by atoms with Crippen LogP contribution in [0.3, 0.4) is 0 Å². The van der Waals surface area contributed by atoms with Crippen molar-refractivity contribution in [2.75, 3.05) is 6.54 Å². The Kier molecular flexibility index (Phi) is 6.43. The van der Waals surface area contributed by atoms with Crippen LogP contribution in [-0.4, -0.2) is 29.9 Å². The Hall–Kier alpha value is -0.850. The molecule has 0 atom stereocenters. The number of hydrogen-bond donors (Lipinski definition) is 1. The average molecular weight is 315 g/mol. The van der Waals surface area contributed by atoms with E-state index in [9.17, 15) is 8.42 Å². The van der Waals surface area contributed by atoms with Crippen LogP contribution in [0, 0.1) is 5.92 Å². The number of hydrogen-bond acceptors (Lipinski definition) is 3. The molecule has 1 heterocycles. The van der Waals surface area contributed by atoms with Gasteiger partial charge in [-0.15, -0.1) is 0 Å². The van der Waals surface area contributed by atoms with Gasteiger partial charge >= 0.3 is 0 Å². The lowest BCUT2D eigenvalue weighted by Gasteiger charge is -2.27. The number of aryl methyl sites for hydroxylation is 1. The second-order valence-electron chi connectivity index (χ2n) is 6.13. The smallest absolute Gasteiger partial charge is 0.244 e. The standard InChI is InChI=1S/C15H29N3O2S/c1-6-7-17-11-15(8-14(17)9-16)21(19,20)18(13(4)5)10-12(2)3/h8,11-13H,6-7,9-10,16H2,1-5H3. The summed E-state index contributed by atoms with van der Waals surface area (Å²) < 4.78 is 29.3. The monoisotopic (exact) mass is 315 g/mol. The van der Waals surface area contributed by atoms with Gasteiger partial charge in [0.15, 0.2) is 0 Å². The van der Waals surface area contributed by atoms with Crippen LogP contribution < -0.4 is 5.73 Å². The van der Waals surface area contributed by atoms with Gasteiger partial charge in [-0.1, -0.05) is 20.8 Å². The molecule has 0 unspecified atom stereocenters. The molecule has 6 heteroatoms. The highest BCUT2D eigenvalue weighted by Gasteiger charge is 2.29. The zero-order chi connectivity index (χ0) is 16.2. The van der Waals surface area contributed by atoms with Crippen molar-refractivity contribution in [1.29, 1.82) is 0 Å². The first kappa shape index (κ1) is 18.2. The van der Waals surface area contributed by atoms with Gasteiger partial charge in [-0.2, -0.15) is 4.31 Å². The van der Waals surface area contributed by atoms with Crippen molar-refractivity contribution in [3.05, 3.63) is 18.0 Å². The molecule has 0 aliphatic carbocycles. The van der Waals surface area contributed by atoms with Crippen LogP contribution >= 0.6 is 0 Å². The van der Waals surface area contributed by atoms with Crippen molar-refractivity contribution in [2.45, 2.75) is 65.1 Å². The highest BCUT2D eigenvalue weighted by molar-refractivity contribution is 7.89. The molecule has 1 aromatic heterocycles. The topological polar surface area (TPSA) is 68.3 Å². The number of sulfonamides is 1. The van der Waals surface area contributed by atoms with E-state index in [0.717, 1.165) is 18.7 Å². The molecule has 122 valence electrons. The molecule has 21 heavy (non-hydrogen) atoms. The number of nitrogens with two attached hydrogens (primary N) is 1. The molecule has 1 rings (SSSR count). The van der Waals surface area contributed by atoms with Crippen molar-refractivity contribution in [2.24, 2.45) is 11.7 Å². The predicted octanol–water partition coefficient (Wildman–Crippen LogP) is 2.41. The van der Waals surface area contributed by atoms with E-state index >= 15 is 0 Å². The lowest BCUT2D eigenvalue weighted by molar-refractivity contribution is 0.319. The predicted molar refractivity (Wildman–Crippen MR) is 86.5 cm³/mol. The summed E-state index contributed by atoms with van der Waals surface area (Å²) in [5.74, 6) is 0.286. The van der Waals surface area contributed by atoms with E-state index in [0.29, 0.717) is 18.0 Å². The van der Waals surface area contributed by atoms with Crippen molar-refractivity contribution in [1.82, 2.24) is 8.87 Å². The second-order valence-corrected chi connectivity index (χ2v) is 8.02. The molecule has 0 aromatic carbocycles. The fourth-order valence-corrected chi connectivity index (χ4v) is 4.23. The Bertz CT molecular complexity index is 547. The van der Waals surface area contributed by atoms with Crippen LogP contribution in [0.15, 0.2) is 17.2 Å². The zero-order valence-electron chi connectivity index (χ0n) is 13.8. The molecular weight excluding hydrogens is 286 g/mol. The Labute approximate surface area is 129 Å². The summed E-state index contributed by atoms with van der Waals surface area (Å²) in [6.45, 7) is 11.6. The van der Waals surface area contributed by atoms with Crippen molar-refractivity contribution in [3.8, 4) is 0 Å². The Morgan fingerprint density at radius 2 is 1.90 bits per heavy atom. The highest BCUT2D eigenvalue weighted by atomic mass is 32.2. The molecule has 0 aliphatic rings. The van der Waals surface area contributed by atoms with Gasteiger partial charge in [0.25, 0.3) is 0 Å². The maximum absolute atomic E-state index is 12.9. The Morgan fingerprint density at radius 3 is 2.33 bits per heavy atom. The number of nitrogens with zero attached hydrogens (tertiary/aromatic N) is 2. The van der Waals surface area contributed by atoms with Gasteiger partial charge in [0, 0.05) is 37.6 Å². The van der Waals surface area contributed by atoms with Gasteiger partial charge in [-0.3, -0.25) is 0 Å². The van der Waals surface area contributed by atoms with Gasteiger partial charge in [-0.25, -0.2) is 8.42 Å². The molecular formula is C15H29N3O2S. The van der Waals surface area contributed by atoms with Crippen molar-refractivity contribution >= 4 is 10.0 Å². The number of aromatic nitrogens is 1.